The average Bonchev–Trinajstić information content (AvgIpc) is 3.22. The van der Waals surface area contributed by atoms with Crippen molar-refractivity contribution in [1.82, 2.24) is 5.32 Å². The molecule has 2 amide bonds. The van der Waals surface area contributed by atoms with Crippen molar-refractivity contribution in [3.8, 4) is 5.75 Å². The zero-order valence-electron chi connectivity index (χ0n) is 14.1. The fraction of sp³-hybridized carbons (Fsp3) is 0.300. The molecule has 0 radical (unpaired) electrons. The molecule has 25 heavy (non-hydrogen) atoms. The Kier molecular flexibility index (Phi) is 3.92. The maximum atomic E-state index is 12.4. The second kappa shape index (κ2) is 6.24. The third-order valence-corrected chi connectivity index (χ3v) is 4.82. The molecule has 0 aliphatic carbocycles. The Morgan fingerprint density at radius 3 is 2.84 bits per heavy atom. The van der Waals surface area contributed by atoms with E-state index >= 15 is 0 Å². The number of ether oxygens (including phenoxy) is 1. The summed E-state index contributed by atoms with van der Waals surface area (Å²) in [5.41, 5.74) is 3.77. The van der Waals surface area contributed by atoms with Gasteiger partial charge in [-0.25, -0.2) is 0 Å². The van der Waals surface area contributed by atoms with Crippen LogP contribution in [-0.4, -0.2) is 31.0 Å². The van der Waals surface area contributed by atoms with E-state index in [4.69, 9.17) is 4.74 Å². The highest BCUT2D eigenvalue weighted by atomic mass is 16.5. The summed E-state index contributed by atoms with van der Waals surface area (Å²) in [6.45, 7) is 2.73. The molecule has 5 heteroatoms. The van der Waals surface area contributed by atoms with E-state index in [1.807, 2.05) is 30.3 Å². The zero-order valence-corrected chi connectivity index (χ0v) is 14.1. The highest BCUT2D eigenvalue weighted by molar-refractivity contribution is 5.97. The number of nitrogens with one attached hydrogen (secondary N) is 1. The van der Waals surface area contributed by atoms with Crippen LogP contribution < -0.4 is 15.0 Å². The van der Waals surface area contributed by atoms with Crippen molar-refractivity contribution in [3.05, 3.63) is 59.2 Å². The van der Waals surface area contributed by atoms with Gasteiger partial charge in [0.15, 0.2) is 0 Å². The zero-order chi connectivity index (χ0) is 17.4. The summed E-state index contributed by atoms with van der Waals surface area (Å²) in [5.74, 6) is 0.834. The van der Waals surface area contributed by atoms with Crippen LogP contribution in [0.1, 0.15) is 28.4 Å². The number of carbonyl (C=O) groups excluding carboxylic acids is 2. The highest BCUT2D eigenvalue weighted by Gasteiger charge is 2.25. The largest absolute Gasteiger partial charge is 0.488 e. The van der Waals surface area contributed by atoms with Crippen molar-refractivity contribution in [3.63, 3.8) is 0 Å². The molecule has 128 valence electrons. The topological polar surface area (TPSA) is 58.6 Å². The first kappa shape index (κ1) is 15.7. The lowest BCUT2D eigenvalue weighted by Gasteiger charge is -2.15. The van der Waals surface area contributed by atoms with E-state index in [-0.39, 0.29) is 17.9 Å². The summed E-state index contributed by atoms with van der Waals surface area (Å²) in [4.78, 5) is 25.8. The van der Waals surface area contributed by atoms with Gasteiger partial charge in [0.2, 0.25) is 5.91 Å². The number of hydrogen-bond donors (Lipinski definition) is 1. The molecular formula is C20H20N2O3. The third kappa shape index (κ3) is 2.97. The molecule has 0 saturated heterocycles. The summed E-state index contributed by atoms with van der Waals surface area (Å²) >= 11 is 0. The van der Waals surface area contributed by atoms with E-state index < -0.39 is 0 Å². The molecule has 2 aromatic carbocycles. The summed E-state index contributed by atoms with van der Waals surface area (Å²) in [6.07, 6.45) is 1.58. The fourth-order valence-electron chi connectivity index (χ4n) is 3.55. The van der Waals surface area contributed by atoms with E-state index in [1.54, 1.807) is 17.9 Å². The number of amides is 2. The van der Waals surface area contributed by atoms with Crippen LogP contribution in [0.5, 0.6) is 5.75 Å². The van der Waals surface area contributed by atoms with E-state index in [0.29, 0.717) is 18.7 Å². The first-order valence-electron chi connectivity index (χ1n) is 8.55. The van der Waals surface area contributed by atoms with Crippen LogP contribution in [0.25, 0.3) is 0 Å². The third-order valence-electron chi connectivity index (χ3n) is 4.82. The normalized spacial score (nSPS) is 17.6. The number of anilines is 1. The Bertz CT molecular complexity index is 822. The van der Waals surface area contributed by atoms with Crippen LogP contribution in [0.15, 0.2) is 42.5 Å². The van der Waals surface area contributed by atoms with Gasteiger partial charge in [0.25, 0.3) is 5.91 Å². The van der Waals surface area contributed by atoms with Crippen LogP contribution in [0, 0.1) is 0 Å². The monoisotopic (exact) mass is 336 g/mol. The lowest BCUT2D eigenvalue weighted by Crippen LogP contribution is -2.34. The van der Waals surface area contributed by atoms with E-state index in [1.165, 1.54) is 5.56 Å². The molecule has 1 atom stereocenters. The predicted molar refractivity (Wildman–Crippen MR) is 95.1 cm³/mol. The Hall–Kier alpha value is -2.82. The van der Waals surface area contributed by atoms with Crippen molar-refractivity contribution >= 4 is 17.5 Å². The van der Waals surface area contributed by atoms with Gasteiger partial charge in [0.05, 0.1) is 6.54 Å². The maximum absolute atomic E-state index is 12.4. The summed E-state index contributed by atoms with van der Waals surface area (Å²) in [6, 6.07) is 13.5. The molecule has 2 heterocycles. The number of benzene rings is 2. The number of nitrogens with zero attached hydrogens (tertiary/aromatic N) is 1. The summed E-state index contributed by atoms with van der Waals surface area (Å²) in [7, 11) is 0. The van der Waals surface area contributed by atoms with Crippen molar-refractivity contribution in [2.45, 2.75) is 25.9 Å². The smallest absolute Gasteiger partial charge is 0.251 e. The van der Waals surface area contributed by atoms with Gasteiger partial charge in [0, 0.05) is 31.1 Å². The fourth-order valence-corrected chi connectivity index (χ4v) is 3.55. The molecule has 2 aliphatic rings. The second-order valence-electron chi connectivity index (χ2n) is 6.53. The standard InChI is InChI=1S/C20H20N2O3/c1-13(23)22-9-8-14-10-16(6-7-18(14)22)20(24)21-12-17-11-15-4-2-3-5-19(15)25-17/h2-7,10,17H,8-9,11-12H2,1H3,(H,21,24)/t17-/m1/s1. The summed E-state index contributed by atoms with van der Waals surface area (Å²) in [5, 5.41) is 2.96. The molecule has 4 rings (SSSR count). The first-order valence-corrected chi connectivity index (χ1v) is 8.55. The predicted octanol–water partition coefficient (Wildman–Crippen LogP) is 2.33. The number of para-hydroxylation sites is 1. The molecule has 5 nitrogen and oxygen atoms in total. The minimum atomic E-state index is -0.108. The molecule has 1 N–H and O–H groups in total. The van der Waals surface area contributed by atoms with Gasteiger partial charge < -0.3 is 15.0 Å². The molecule has 0 unspecified atom stereocenters. The number of fused-ring (bicyclic) bond motifs is 2. The van der Waals surface area contributed by atoms with Crippen LogP contribution in [0.2, 0.25) is 0 Å². The van der Waals surface area contributed by atoms with Gasteiger partial charge in [-0.2, -0.15) is 0 Å². The Balaban J connectivity index is 1.39. The van der Waals surface area contributed by atoms with Crippen molar-refractivity contribution in [2.75, 3.05) is 18.0 Å². The molecule has 2 aromatic rings. The SMILES string of the molecule is CC(=O)N1CCc2cc(C(=O)NC[C@H]3Cc4ccccc4O3)ccc21. The lowest BCUT2D eigenvalue weighted by molar-refractivity contribution is -0.116. The highest BCUT2D eigenvalue weighted by Crippen LogP contribution is 2.29. The van der Waals surface area contributed by atoms with Crippen LogP contribution in [0.3, 0.4) is 0 Å². The van der Waals surface area contributed by atoms with Gasteiger partial charge in [-0.05, 0) is 41.8 Å². The van der Waals surface area contributed by atoms with E-state index in [2.05, 4.69) is 11.4 Å². The van der Waals surface area contributed by atoms with Crippen LogP contribution in [0.4, 0.5) is 5.69 Å². The first-order chi connectivity index (χ1) is 12.1. The maximum Gasteiger partial charge on any atom is 0.251 e. The lowest BCUT2D eigenvalue weighted by atomic mass is 10.1. The number of carbonyl (C=O) groups is 2. The van der Waals surface area contributed by atoms with Gasteiger partial charge in [-0.1, -0.05) is 18.2 Å². The quantitative estimate of drug-likeness (QED) is 0.936. The molecule has 0 fully saturated rings. The van der Waals surface area contributed by atoms with E-state index in [0.717, 1.165) is 29.8 Å². The molecule has 2 aliphatic heterocycles. The van der Waals surface area contributed by atoms with Gasteiger partial charge >= 0.3 is 0 Å². The van der Waals surface area contributed by atoms with Crippen LogP contribution in [-0.2, 0) is 17.6 Å². The van der Waals surface area contributed by atoms with Crippen molar-refractivity contribution in [1.29, 1.82) is 0 Å². The number of rotatable bonds is 3. The molecule has 0 spiro atoms. The second-order valence-corrected chi connectivity index (χ2v) is 6.53. The molecule has 0 saturated carbocycles. The molecular weight excluding hydrogens is 316 g/mol. The Labute approximate surface area is 146 Å². The van der Waals surface area contributed by atoms with Crippen molar-refractivity contribution < 1.29 is 14.3 Å². The van der Waals surface area contributed by atoms with Crippen LogP contribution >= 0.6 is 0 Å². The van der Waals surface area contributed by atoms with Gasteiger partial charge in [-0.15, -0.1) is 0 Å². The minimum absolute atomic E-state index is 0.0241. The molecule has 0 aromatic heterocycles. The Morgan fingerprint density at radius 2 is 2.04 bits per heavy atom. The number of hydrogen-bond acceptors (Lipinski definition) is 3. The molecule has 0 bridgehead atoms. The van der Waals surface area contributed by atoms with Gasteiger partial charge in [0.1, 0.15) is 11.9 Å². The average molecular weight is 336 g/mol. The Morgan fingerprint density at radius 1 is 1.20 bits per heavy atom. The van der Waals surface area contributed by atoms with E-state index in [9.17, 15) is 9.59 Å². The summed E-state index contributed by atoms with van der Waals surface area (Å²) < 4.78 is 5.85. The van der Waals surface area contributed by atoms with Crippen molar-refractivity contribution in [2.24, 2.45) is 0 Å². The van der Waals surface area contributed by atoms with Gasteiger partial charge in [-0.3, -0.25) is 9.59 Å². The minimum Gasteiger partial charge on any atom is -0.488 e.